The molecule has 4 heteroatoms. The monoisotopic (exact) mass is 254 g/mol. The number of nitrogens with zero attached hydrogens (tertiary/aromatic N) is 1. The third-order valence-corrected chi connectivity index (χ3v) is 2.86. The van der Waals surface area contributed by atoms with E-state index in [1.54, 1.807) is 0 Å². The lowest BCUT2D eigenvalue weighted by atomic mass is 10.2. The first-order valence-electron chi connectivity index (χ1n) is 5.84. The van der Waals surface area contributed by atoms with Crippen LogP contribution in [-0.4, -0.2) is 30.9 Å². The summed E-state index contributed by atoms with van der Waals surface area (Å²) < 4.78 is 0. The van der Waals surface area contributed by atoms with Crippen molar-refractivity contribution in [2.45, 2.75) is 19.9 Å². The zero-order valence-electron chi connectivity index (χ0n) is 10.4. The first-order chi connectivity index (χ1) is 8.17. The zero-order chi connectivity index (χ0) is 12.7. The van der Waals surface area contributed by atoms with Gasteiger partial charge < -0.3 is 10.2 Å². The van der Waals surface area contributed by atoms with Crippen LogP contribution in [-0.2, 0) is 11.3 Å². The van der Waals surface area contributed by atoms with Crippen molar-refractivity contribution in [3.8, 4) is 0 Å². The maximum Gasteiger partial charge on any atom is 0.224 e. The van der Waals surface area contributed by atoms with Gasteiger partial charge in [-0.05, 0) is 31.7 Å². The summed E-state index contributed by atoms with van der Waals surface area (Å²) in [7, 11) is 1.85. The van der Waals surface area contributed by atoms with Gasteiger partial charge in [-0.1, -0.05) is 23.7 Å². The molecule has 0 atom stereocenters. The molecule has 0 unspecified atom stereocenters. The predicted octanol–water partition coefficient (Wildman–Crippen LogP) is 2.30. The molecular formula is C13H19ClN2O. The zero-order valence-corrected chi connectivity index (χ0v) is 11.1. The van der Waals surface area contributed by atoms with Gasteiger partial charge in [0.25, 0.3) is 0 Å². The van der Waals surface area contributed by atoms with Crippen molar-refractivity contribution in [1.82, 2.24) is 10.2 Å². The first kappa shape index (κ1) is 14.0. The van der Waals surface area contributed by atoms with E-state index < -0.39 is 0 Å². The van der Waals surface area contributed by atoms with E-state index in [9.17, 15) is 4.79 Å². The Hall–Kier alpha value is -1.06. The normalized spacial score (nSPS) is 10.3. The summed E-state index contributed by atoms with van der Waals surface area (Å²) in [5.41, 5.74) is 1.11. The standard InChI is InChI=1S/C13H19ClN2O/c1-3-16(13(17)8-9-15-2)10-11-4-6-12(14)7-5-11/h4-7,15H,3,8-10H2,1-2H3. The molecule has 0 radical (unpaired) electrons. The van der Waals surface area contributed by atoms with Gasteiger partial charge >= 0.3 is 0 Å². The highest BCUT2D eigenvalue weighted by atomic mass is 35.5. The molecule has 1 aromatic carbocycles. The molecule has 1 N–H and O–H groups in total. The average molecular weight is 255 g/mol. The second kappa shape index (κ2) is 7.30. The van der Waals surface area contributed by atoms with E-state index in [0.717, 1.165) is 23.7 Å². The van der Waals surface area contributed by atoms with Crippen LogP contribution in [0.25, 0.3) is 0 Å². The van der Waals surface area contributed by atoms with Crippen molar-refractivity contribution in [3.05, 3.63) is 34.9 Å². The predicted molar refractivity (Wildman–Crippen MR) is 71.1 cm³/mol. The molecule has 0 aliphatic carbocycles. The molecule has 0 aromatic heterocycles. The first-order valence-corrected chi connectivity index (χ1v) is 6.22. The van der Waals surface area contributed by atoms with Crippen LogP contribution in [0.5, 0.6) is 0 Å². The summed E-state index contributed by atoms with van der Waals surface area (Å²) in [6, 6.07) is 7.61. The van der Waals surface area contributed by atoms with Crippen molar-refractivity contribution in [3.63, 3.8) is 0 Å². The van der Waals surface area contributed by atoms with Crippen molar-refractivity contribution in [2.75, 3.05) is 20.1 Å². The molecule has 17 heavy (non-hydrogen) atoms. The van der Waals surface area contributed by atoms with Gasteiger partial charge in [-0.15, -0.1) is 0 Å². The molecule has 0 heterocycles. The number of rotatable bonds is 6. The van der Waals surface area contributed by atoms with E-state index in [0.29, 0.717) is 13.0 Å². The fraction of sp³-hybridized carbons (Fsp3) is 0.462. The second-order valence-electron chi connectivity index (χ2n) is 3.89. The fourth-order valence-corrected chi connectivity index (χ4v) is 1.70. The Bertz CT molecular complexity index is 351. The summed E-state index contributed by atoms with van der Waals surface area (Å²) in [6.07, 6.45) is 0.540. The van der Waals surface area contributed by atoms with E-state index in [1.807, 2.05) is 43.1 Å². The van der Waals surface area contributed by atoms with Crippen molar-refractivity contribution < 1.29 is 4.79 Å². The number of carbonyl (C=O) groups is 1. The molecule has 3 nitrogen and oxygen atoms in total. The van der Waals surface area contributed by atoms with E-state index in [-0.39, 0.29) is 5.91 Å². The minimum Gasteiger partial charge on any atom is -0.339 e. The topological polar surface area (TPSA) is 32.3 Å². The second-order valence-corrected chi connectivity index (χ2v) is 4.32. The highest BCUT2D eigenvalue weighted by molar-refractivity contribution is 6.30. The van der Waals surface area contributed by atoms with Gasteiger partial charge in [0.15, 0.2) is 0 Å². The third-order valence-electron chi connectivity index (χ3n) is 2.61. The van der Waals surface area contributed by atoms with E-state index >= 15 is 0 Å². The lowest BCUT2D eigenvalue weighted by molar-refractivity contribution is -0.131. The van der Waals surface area contributed by atoms with Gasteiger partial charge in [0, 0.05) is 31.1 Å². The van der Waals surface area contributed by atoms with Crippen molar-refractivity contribution in [1.29, 1.82) is 0 Å². The summed E-state index contributed by atoms with van der Waals surface area (Å²) >= 11 is 5.82. The van der Waals surface area contributed by atoms with Gasteiger partial charge in [0.05, 0.1) is 0 Å². The van der Waals surface area contributed by atoms with Crippen LogP contribution in [0.4, 0.5) is 0 Å². The minimum absolute atomic E-state index is 0.178. The van der Waals surface area contributed by atoms with Gasteiger partial charge in [-0.3, -0.25) is 4.79 Å². The number of amides is 1. The molecule has 0 bridgehead atoms. The van der Waals surface area contributed by atoms with Gasteiger partial charge in [-0.2, -0.15) is 0 Å². The van der Waals surface area contributed by atoms with E-state index in [1.165, 1.54) is 0 Å². The minimum atomic E-state index is 0.178. The Balaban J connectivity index is 2.57. The van der Waals surface area contributed by atoms with Crippen LogP contribution in [0.2, 0.25) is 5.02 Å². The Kier molecular flexibility index (Phi) is 6.01. The summed E-state index contributed by atoms with van der Waals surface area (Å²) in [5, 5.41) is 3.70. The molecular weight excluding hydrogens is 236 g/mol. The number of benzene rings is 1. The maximum atomic E-state index is 11.9. The lowest BCUT2D eigenvalue weighted by Gasteiger charge is -2.21. The molecule has 0 spiro atoms. The summed E-state index contributed by atoms with van der Waals surface area (Å²) in [5.74, 6) is 0.178. The van der Waals surface area contributed by atoms with Crippen LogP contribution in [0.1, 0.15) is 18.9 Å². The Labute approximate surface area is 108 Å². The molecule has 0 saturated carbocycles. The van der Waals surface area contributed by atoms with Crippen molar-refractivity contribution >= 4 is 17.5 Å². The average Bonchev–Trinajstić information content (AvgIpc) is 2.35. The molecule has 0 saturated heterocycles. The van der Waals surface area contributed by atoms with Gasteiger partial charge in [-0.25, -0.2) is 0 Å². The number of hydrogen-bond acceptors (Lipinski definition) is 2. The van der Waals surface area contributed by atoms with Gasteiger partial charge in [0.1, 0.15) is 0 Å². The number of halogens is 1. The molecule has 1 aromatic rings. The van der Waals surface area contributed by atoms with Crippen LogP contribution >= 0.6 is 11.6 Å². The molecule has 0 aliphatic rings. The van der Waals surface area contributed by atoms with Crippen LogP contribution in [0, 0.1) is 0 Å². The molecule has 94 valence electrons. The summed E-state index contributed by atoms with van der Waals surface area (Å²) in [4.78, 5) is 13.7. The fourth-order valence-electron chi connectivity index (χ4n) is 1.58. The molecule has 1 amide bonds. The van der Waals surface area contributed by atoms with Crippen LogP contribution in [0.15, 0.2) is 24.3 Å². The Morgan fingerprint density at radius 2 is 2.00 bits per heavy atom. The Morgan fingerprint density at radius 3 is 2.53 bits per heavy atom. The number of carbonyl (C=O) groups excluding carboxylic acids is 1. The highest BCUT2D eigenvalue weighted by Gasteiger charge is 2.11. The SMILES string of the molecule is CCN(Cc1ccc(Cl)cc1)C(=O)CCNC. The maximum absolute atomic E-state index is 11.9. The molecule has 0 aliphatic heterocycles. The molecule has 0 fully saturated rings. The van der Waals surface area contributed by atoms with Gasteiger partial charge in [0.2, 0.25) is 5.91 Å². The molecule has 1 rings (SSSR count). The number of nitrogens with one attached hydrogen (secondary N) is 1. The largest absolute Gasteiger partial charge is 0.339 e. The summed E-state index contributed by atoms with van der Waals surface area (Å²) in [6.45, 7) is 4.09. The van der Waals surface area contributed by atoms with E-state index in [4.69, 9.17) is 11.6 Å². The van der Waals surface area contributed by atoms with Crippen molar-refractivity contribution in [2.24, 2.45) is 0 Å². The quantitative estimate of drug-likeness (QED) is 0.845. The third kappa shape index (κ3) is 4.75. The Morgan fingerprint density at radius 1 is 1.35 bits per heavy atom. The lowest BCUT2D eigenvalue weighted by Crippen LogP contribution is -2.32. The van der Waals surface area contributed by atoms with E-state index in [2.05, 4.69) is 5.32 Å². The number of hydrogen-bond donors (Lipinski definition) is 1. The highest BCUT2D eigenvalue weighted by Crippen LogP contribution is 2.11. The van der Waals surface area contributed by atoms with Crippen LogP contribution < -0.4 is 5.32 Å². The van der Waals surface area contributed by atoms with Crippen LogP contribution in [0.3, 0.4) is 0 Å². The smallest absolute Gasteiger partial charge is 0.224 e.